The maximum Gasteiger partial charge on any atom is 0.229 e. The summed E-state index contributed by atoms with van der Waals surface area (Å²) in [6, 6.07) is 7.57. The summed E-state index contributed by atoms with van der Waals surface area (Å²) in [4.78, 5) is 9.22. The maximum absolute atomic E-state index is 9.75. The summed E-state index contributed by atoms with van der Waals surface area (Å²) in [7, 11) is 0. The third-order valence-electron chi connectivity index (χ3n) is 2.45. The number of thiazole rings is 1. The molecule has 18 heavy (non-hydrogen) atoms. The quantitative estimate of drug-likeness (QED) is 0.601. The lowest BCUT2D eigenvalue weighted by atomic mass is 10.3. The van der Waals surface area contributed by atoms with Crippen LogP contribution in [0, 0.1) is 3.95 Å². The second kappa shape index (κ2) is 4.04. The van der Waals surface area contributed by atoms with Crippen LogP contribution in [-0.4, -0.2) is 9.78 Å². The van der Waals surface area contributed by atoms with Gasteiger partial charge in [0, 0.05) is 6.08 Å². The van der Waals surface area contributed by atoms with Crippen LogP contribution in [0.15, 0.2) is 40.1 Å². The molecule has 3 rings (SSSR count). The van der Waals surface area contributed by atoms with Gasteiger partial charge in [0.15, 0.2) is 9.78 Å². The standard InChI is InChI=1S/C11H8N4OS2/c12-15-10(16)8(18-11(15)17)5-9-13-6-3-1-2-4-7(6)14-9/h1-5,16H,12H2. The van der Waals surface area contributed by atoms with Crippen molar-refractivity contribution >= 4 is 29.6 Å². The lowest BCUT2D eigenvalue weighted by molar-refractivity contribution is 0.436. The zero-order valence-corrected chi connectivity index (χ0v) is 10.7. The minimum Gasteiger partial charge on any atom is -0.492 e. The average molecular weight is 276 g/mol. The third-order valence-corrected chi connectivity index (χ3v) is 3.79. The summed E-state index contributed by atoms with van der Waals surface area (Å²) in [5.74, 6) is 6.00. The molecule has 1 aromatic heterocycles. The number of fused-ring (bicyclic) bond motifs is 1. The second-order valence-corrected chi connectivity index (χ2v) is 5.32. The smallest absolute Gasteiger partial charge is 0.229 e. The van der Waals surface area contributed by atoms with Crippen LogP contribution in [0.3, 0.4) is 0 Å². The molecule has 0 aliphatic carbocycles. The monoisotopic (exact) mass is 276 g/mol. The van der Waals surface area contributed by atoms with Gasteiger partial charge in [-0.1, -0.05) is 23.5 Å². The minimum absolute atomic E-state index is 0.0705. The van der Waals surface area contributed by atoms with E-state index >= 15 is 0 Å². The molecule has 0 atom stereocenters. The Kier molecular flexibility index (Phi) is 2.49. The van der Waals surface area contributed by atoms with Gasteiger partial charge in [-0.25, -0.2) is 14.7 Å². The number of rotatable bonds is 1. The molecule has 0 bridgehead atoms. The normalized spacial score (nSPS) is 12.8. The number of nitrogens with two attached hydrogens (primary N) is 1. The molecule has 5 nitrogen and oxygen atoms in total. The van der Waals surface area contributed by atoms with Crippen molar-refractivity contribution in [2.75, 3.05) is 5.84 Å². The fourth-order valence-electron chi connectivity index (χ4n) is 1.59. The Morgan fingerprint density at radius 3 is 2.39 bits per heavy atom. The molecule has 0 spiro atoms. The number of hydrogen-bond acceptors (Lipinski definition) is 6. The number of hydrogen-bond donors (Lipinski definition) is 2. The summed E-state index contributed by atoms with van der Waals surface area (Å²) in [6.45, 7) is 0. The predicted molar refractivity (Wildman–Crippen MR) is 71.7 cm³/mol. The first-order valence-electron chi connectivity index (χ1n) is 5.09. The van der Waals surface area contributed by atoms with Gasteiger partial charge in [-0.05, 0) is 24.4 Å². The summed E-state index contributed by atoms with van der Waals surface area (Å²) in [5, 5.41) is 11.4. The van der Waals surface area contributed by atoms with Crippen LogP contribution in [0.4, 0.5) is 0 Å². The van der Waals surface area contributed by atoms with Gasteiger partial charge in [0.1, 0.15) is 0 Å². The van der Waals surface area contributed by atoms with Crippen LogP contribution >= 0.6 is 23.6 Å². The number of nitrogen functional groups attached to an aromatic ring is 1. The Morgan fingerprint density at radius 1 is 1.28 bits per heavy atom. The first kappa shape index (κ1) is 11.1. The largest absolute Gasteiger partial charge is 0.492 e. The molecule has 1 aliphatic rings. The summed E-state index contributed by atoms with van der Waals surface area (Å²) in [6.07, 6.45) is 1.67. The molecule has 0 amide bonds. The summed E-state index contributed by atoms with van der Waals surface area (Å²) < 4.78 is 1.46. The summed E-state index contributed by atoms with van der Waals surface area (Å²) in [5.41, 5.74) is 0. The van der Waals surface area contributed by atoms with Crippen molar-refractivity contribution in [2.45, 2.75) is 0 Å². The van der Waals surface area contributed by atoms with E-state index in [9.17, 15) is 5.11 Å². The van der Waals surface area contributed by atoms with E-state index < -0.39 is 0 Å². The average Bonchev–Trinajstić information content (AvgIpc) is 2.87. The van der Waals surface area contributed by atoms with Crippen LogP contribution in [0.2, 0.25) is 0 Å². The van der Waals surface area contributed by atoms with Crippen LogP contribution in [-0.2, 0) is 0 Å². The Morgan fingerprint density at radius 2 is 1.89 bits per heavy atom. The maximum atomic E-state index is 9.75. The zero-order valence-electron chi connectivity index (χ0n) is 9.07. The Hall–Kier alpha value is -1.99. The van der Waals surface area contributed by atoms with Gasteiger partial charge in [0.2, 0.25) is 5.88 Å². The van der Waals surface area contributed by atoms with Gasteiger partial charge in [-0.2, -0.15) is 0 Å². The van der Waals surface area contributed by atoms with Crippen molar-refractivity contribution in [3.8, 4) is 5.88 Å². The second-order valence-electron chi connectivity index (χ2n) is 3.64. The molecular formula is C11H8N4OS2. The van der Waals surface area contributed by atoms with Crippen molar-refractivity contribution in [3.05, 3.63) is 49.6 Å². The highest BCUT2D eigenvalue weighted by Gasteiger charge is 2.09. The zero-order chi connectivity index (χ0) is 12.7. The van der Waals surface area contributed by atoms with Gasteiger partial charge < -0.3 is 10.9 Å². The Balaban J connectivity index is 2.13. The first-order chi connectivity index (χ1) is 8.65. The molecule has 0 saturated heterocycles. The highest BCUT2D eigenvalue weighted by molar-refractivity contribution is 7.73. The Bertz CT molecular complexity index is 794. The van der Waals surface area contributed by atoms with E-state index in [-0.39, 0.29) is 5.88 Å². The van der Waals surface area contributed by atoms with E-state index in [0.717, 1.165) is 15.4 Å². The van der Waals surface area contributed by atoms with E-state index in [2.05, 4.69) is 9.98 Å². The topological polar surface area (TPSA) is 75.9 Å². The summed E-state index contributed by atoms with van der Waals surface area (Å²) >= 11 is 6.19. The lowest BCUT2D eigenvalue weighted by Gasteiger charge is -1.93. The number of para-hydroxylation sites is 2. The molecule has 1 aromatic carbocycles. The third kappa shape index (κ3) is 1.73. The van der Waals surface area contributed by atoms with Gasteiger partial charge in [0.05, 0.1) is 15.6 Å². The molecule has 90 valence electrons. The molecule has 3 N–H and O–H groups in total. The SMILES string of the molecule is Nn1c(O)c(C=C2N=c3ccccc3=N2)sc1=S. The number of aromatic hydroxyl groups is 1. The van der Waals surface area contributed by atoms with Crippen molar-refractivity contribution in [1.82, 2.24) is 4.68 Å². The number of benzene rings is 1. The van der Waals surface area contributed by atoms with Gasteiger partial charge in [0.25, 0.3) is 0 Å². The van der Waals surface area contributed by atoms with Gasteiger partial charge >= 0.3 is 0 Å². The highest BCUT2D eigenvalue weighted by atomic mass is 32.1. The molecule has 0 saturated carbocycles. The van der Waals surface area contributed by atoms with Crippen LogP contribution < -0.4 is 16.6 Å². The number of aromatic nitrogens is 1. The molecule has 0 radical (unpaired) electrons. The number of nitrogens with zero attached hydrogens (tertiary/aromatic N) is 3. The molecule has 2 aromatic rings. The van der Waals surface area contributed by atoms with Crippen molar-refractivity contribution in [2.24, 2.45) is 9.98 Å². The first-order valence-corrected chi connectivity index (χ1v) is 6.32. The molecule has 7 heteroatoms. The molecule has 0 unspecified atom stereocenters. The lowest BCUT2D eigenvalue weighted by Crippen LogP contribution is -2.19. The van der Waals surface area contributed by atoms with Crippen LogP contribution in [0.5, 0.6) is 5.88 Å². The van der Waals surface area contributed by atoms with E-state index in [1.54, 1.807) is 6.08 Å². The van der Waals surface area contributed by atoms with E-state index in [4.69, 9.17) is 18.1 Å². The van der Waals surface area contributed by atoms with Crippen molar-refractivity contribution in [1.29, 1.82) is 0 Å². The minimum atomic E-state index is -0.0705. The van der Waals surface area contributed by atoms with E-state index in [1.165, 1.54) is 11.3 Å². The van der Waals surface area contributed by atoms with E-state index in [0.29, 0.717) is 14.7 Å². The van der Waals surface area contributed by atoms with Gasteiger partial charge in [-0.3, -0.25) is 0 Å². The predicted octanol–water partition coefficient (Wildman–Crippen LogP) is 0.950. The van der Waals surface area contributed by atoms with Crippen molar-refractivity contribution < 1.29 is 5.11 Å². The molecule has 0 fully saturated rings. The fourth-order valence-corrected chi connectivity index (χ4v) is 2.68. The fraction of sp³-hybridized carbons (Fsp3) is 0. The highest BCUT2D eigenvalue weighted by Crippen LogP contribution is 2.26. The van der Waals surface area contributed by atoms with Gasteiger partial charge in [-0.15, -0.1) is 0 Å². The molecular weight excluding hydrogens is 268 g/mol. The molecule has 1 aliphatic heterocycles. The molecule has 2 heterocycles. The Labute approximate surface area is 111 Å². The van der Waals surface area contributed by atoms with Crippen LogP contribution in [0.1, 0.15) is 4.88 Å². The van der Waals surface area contributed by atoms with Crippen molar-refractivity contribution in [3.63, 3.8) is 0 Å². The van der Waals surface area contributed by atoms with Crippen LogP contribution in [0.25, 0.3) is 6.08 Å². The van der Waals surface area contributed by atoms with E-state index in [1.807, 2.05) is 24.3 Å².